The minimum absolute atomic E-state index is 0.00536. The van der Waals surface area contributed by atoms with Crippen molar-refractivity contribution in [3.63, 3.8) is 0 Å². The van der Waals surface area contributed by atoms with Crippen molar-refractivity contribution in [3.8, 4) is 11.5 Å². The maximum Gasteiger partial charge on any atom is 0.253 e. The lowest BCUT2D eigenvalue weighted by molar-refractivity contribution is -0.130. The van der Waals surface area contributed by atoms with E-state index in [1.165, 1.54) is 0 Å². The van der Waals surface area contributed by atoms with Crippen LogP contribution in [0, 0.1) is 6.92 Å². The van der Waals surface area contributed by atoms with Crippen LogP contribution in [-0.4, -0.2) is 47.2 Å². The van der Waals surface area contributed by atoms with Gasteiger partial charge in [0.2, 0.25) is 11.8 Å². The number of likely N-dealkylation sites (N-methyl/N-ethyl adjacent to an activating group) is 1. The highest BCUT2D eigenvalue weighted by Crippen LogP contribution is 2.24. The highest BCUT2D eigenvalue weighted by Gasteiger charge is 2.19. The Balaban J connectivity index is 1.67. The molecule has 2 aromatic heterocycles. The van der Waals surface area contributed by atoms with Gasteiger partial charge in [0.1, 0.15) is 5.76 Å². The molecule has 0 aliphatic rings. The summed E-state index contributed by atoms with van der Waals surface area (Å²) < 4.78 is 5.74. The minimum Gasteiger partial charge on any atom is -0.441 e. The van der Waals surface area contributed by atoms with Crippen molar-refractivity contribution < 1.29 is 14.0 Å². The molecule has 3 aromatic rings. The molecule has 0 aliphatic carbocycles. The zero-order chi connectivity index (χ0) is 21.0. The van der Waals surface area contributed by atoms with E-state index < -0.39 is 0 Å². The summed E-state index contributed by atoms with van der Waals surface area (Å²) in [5, 5.41) is 3.94. The average molecular weight is 412 g/mol. The Bertz CT molecular complexity index is 975. The summed E-state index contributed by atoms with van der Waals surface area (Å²) in [4.78, 5) is 32.7. The fourth-order valence-corrected chi connectivity index (χ4v) is 3.59. The molecule has 1 aromatic carbocycles. The van der Waals surface area contributed by atoms with Gasteiger partial charge in [0.05, 0.1) is 12.1 Å². The van der Waals surface area contributed by atoms with Gasteiger partial charge in [-0.3, -0.25) is 9.59 Å². The Morgan fingerprint density at radius 2 is 1.86 bits per heavy atom. The average Bonchev–Trinajstić information content (AvgIpc) is 3.36. The van der Waals surface area contributed by atoms with E-state index in [1.807, 2.05) is 42.8 Å². The van der Waals surface area contributed by atoms with Crippen LogP contribution in [0.2, 0.25) is 0 Å². The lowest BCUT2D eigenvalue weighted by Crippen LogP contribution is -2.32. The molecule has 0 saturated carbocycles. The van der Waals surface area contributed by atoms with E-state index in [4.69, 9.17) is 4.42 Å². The Morgan fingerprint density at radius 3 is 2.45 bits per heavy atom. The van der Waals surface area contributed by atoms with Crippen LogP contribution >= 0.6 is 11.3 Å². The summed E-state index contributed by atoms with van der Waals surface area (Å²) in [7, 11) is 3.45. The molecule has 0 bridgehead atoms. The first-order valence-corrected chi connectivity index (χ1v) is 10.4. The number of rotatable bonds is 7. The van der Waals surface area contributed by atoms with Crippen molar-refractivity contribution in [2.45, 2.75) is 26.8 Å². The van der Waals surface area contributed by atoms with Gasteiger partial charge in [0.15, 0.2) is 0 Å². The first-order chi connectivity index (χ1) is 13.9. The van der Waals surface area contributed by atoms with E-state index in [0.29, 0.717) is 36.0 Å². The van der Waals surface area contributed by atoms with E-state index >= 15 is 0 Å². The molecule has 0 N–H and O–H groups in total. The predicted molar refractivity (Wildman–Crippen MR) is 114 cm³/mol. The maximum absolute atomic E-state index is 12.8. The smallest absolute Gasteiger partial charge is 0.253 e. The van der Waals surface area contributed by atoms with Crippen LogP contribution in [0.1, 0.15) is 34.3 Å². The van der Waals surface area contributed by atoms with E-state index in [9.17, 15) is 9.59 Å². The summed E-state index contributed by atoms with van der Waals surface area (Å²) in [6.07, 6.45) is 0.199. The van der Waals surface area contributed by atoms with Crippen LogP contribution in [0.4, 0.5) is 0 Å². The SMILES string of the molecule is CCN(Cc1ccc(C(=O)N(C)C)cc1)C(=O)Cc1nc(-c2ccsc2)oc1C. The van der Waals surface area contributed by atoms with Crippen molar-refractivity contribution in [1.29, 1.82) is 0 Å². The van der Waals surface area contributed by atoms with Crippen LogP contribution in [-0.2, 0) is 17.8 Å². The maximum atomic E-state index is 12.8. The fourth-order valence-electron chi connectivity index (χ4n) is 2.96. The number of carbonyl (C=O) groups is 2. The summed E-state index contributed by atoms with van der Waals surface area (Å²) in [5.74, 6) is 1.18. The first kappa shape index (κ1) is 20.8. The van der Waals surface area contributed by atoms with Crippen LogP contribution in [0.3, 0.4) is 0 Å². The lowest BCUT2D eigenvalue weighted by Gasteiger charge is -2.21. The third-order valence-electron chi connectivity index (χ3n) is 4.69. The number of amides is 2. The molecule has 6 nitrogen and oxygen atoms in total. The van der Waals surface area contributed by atoms with Crippen molar-refractivity contribution >= 4 is 23.2 Å². The topological polar surface area (TPSA) is 66.7 Å². The predicted octanol–water partition coefficient (Wildman–Crippen LogP) is 4.00. The zero-order valence-electron chi connectivity index (χ0n) is 17.1. The highest BCUT2D eigenvalue weighted by molar-refractivity contribution is 7.08. The van der Waals surface area contributed by atoms with Crippen molar-refractivity contribution in [2.75, 3.05) is 20.6 Å². The number of hydrogen-bond acceptors (Lipinski definition) is 5. The summed E-state index contributed by atoms with van der Waals surface area (Å²) >= 11 is 1.58. The number of nitrogens with zero attached hydrogens (tertiary/aromatic N) is 3. The van der Waals surface area contributed by atoms with Gasteiger partial charge < -0.3 is 14.2 Å². The Kier molecular flexibility index (Phi) is 6.49. The fraction of sp³-hybridized carbons (Fsp3) is 0.318. The number of benzene rings is 1. The largest absolute Gasteiger partial charge is 0.441 e. The second-order valence-corrected chi connectivity index (χ2v) is 7.80. The Hall–Kier alpha value is -2.93. The van der Waals surface area contributed by atoms with Crippen LogP contribution in [0.15, 0.2) is 45.5 Å². The molecule has 2 amide bonds. The monoisotopic (exact) mass is 411 g/mol. The van der Waals surface area contributed by atoms with Gasteiger partial charge in [-0.2, -0.15) is 11.3 Å². The zero-order valence-corrected chi connectivity index (χ0v) is 18.0. The number of carbonyl (C=O) groups excluding carboxylic acids is 2. The van der Waals surface area contributed by atoms with Gasteiger partial charge in [0, 0.05) is 43.7 Å². The van der Waals surface area contributed by atoms with Crippen molar-refractivity contribution in [1.82, 2.24) is 14.8 Å². The molecular weight excluding hydrogens is 386 g/mol. The third kappa shape index (κ3) is 4.92. The van der Waals surface area contributed by atoms with Gasteiger partial charge in [-0.25, -0.2) is 4.98 Å². The van der Waals surface area contributed by atoms with Gasteiger partial charge in [-0.1, -0.05) is 12.1 Å². The van der Waals surface area contributed by atoms with Gasteiger partial charge >= 0.3 is 0 Å². The molecule has 0 unspecified atom stereocenters. The van der Waals surface area contributed by atoms with Crippen LogP contribution in [0.25, 0.3) is 11.5 Å². The van der Waals surface area contributed by atoms with Gasteiger partial charge in [0.25, 0.3) is 5.91 Å². The molecule has 152 valence electrons. The van der Waals surface area contributed by atoms with E-state index in [-0.39, 0.29) is 18.2 Å². The van der Waals surface area contributed by atoms with Crippen LogP contribution in [0.5, 0.6) is 0 Å². The van der Waals surface area contributed by atoms with Crippen LogP contribution < -0.4 is 0 Å². The molecule has 0 spiro atoms. The third-order valence-corrected chi connectivity index (χ3v) is 5.38. The number of hydrogen-bond donors (Lipinski definition) is 0. The number of aromatic nitrogens is 1. The summed E-state index contributed by atoms with van der Waals surface area (Å²) in [6.45, 7) is 4.86. The lowest BCUT2D eigenvalue weighted by atomic mass is 10.1. The standard InChI is InChI=1S/C22H25N3O3S/c1-5-25(13-16-6-8-17(9-7-16)22(27)24(3)4)20(26)12-19-15(2)28-21(23-19)18-10-11-29-14-18/h6-11,14H,5,12-13H2,1-4H3. The summed E-state index contributed by atoms with van der Waals surface area (Å²) in [5.41, 5.74) is 3.21. The van der Waals surface area contributed by atoms with Crippen molar-refractivity contribution in [2.24, 2.45) is 0 Å². The molecule has 2 heterocycles. The molecule has 7 heteroatoms. The molecule has 3 rings (SSSR count). The Labute approximate surface area is 174 Å². The second-order valence-electron chi connectivity index (χ2n) is 7.02. The quantitative estimate of drug-likeness (QED) is 0.589. The number of thiophene rings is 1. The van der Waals surface area contributed by atoms with Crippen molar-refractivity contribution in [3.05, 3.63) is 63.7 Å². The molecule has 0 radical (unpaired) electrons. The normalized spacial score (nSPS) is 10.8. The number of oxazole rings is 1. The van der Waals surface area contributed by atoms with E-state index in [0.717, 1.165) is 11.1 Å². The molecular formula is C22H25N3O3S. The molecule has 0 atom stereocenters. The first-order valence-electron chi connectivity index (χ1n) is 9.46. The highest BCUT2D eigenvalue weighted by atomic mass is 32.1. The molecule has 29 heavy (non-hydrogen) atoms. The molecule has 0 saturated heterocycles. The summed E-state index contributed by atoms with van der Waals surface area (Å²) in [6, 6.07) is 9.33. The Morgan fingerprint density at radius 1 is 1.14 bits per heavy atom. The van der Waals surface area contributed by atoms with E-state index in [2.05, 4.69) is 4.98 Å². The van der Waals surface area contributed by atoms with E-state index in [1.54, 1.807) is 47.4 Å². The molecule has 0 aliphatic heterocycles. The molecule has 0 fully saturated rings. The van der Waals surface area contributed by atoms with Gasteiger partial charge in [-0.15, -0.1) is 0 Å². The second kappa shape index (κ2) is 9.05. The minimum atomic E-state index is -0.0390. The number of aryl methyl sites for hydroxylation is 1. The van der Waals surface area contributed by atoms with Gasteiger partial charge in [-0.05, 0) is 43.0 Å².